The molecule has 6 nitrogen and oxygen atoms in total. The molecule has 36 heavy (non-hydrogen) atoms. The van der Waals surface area contributed by atoms with Crippen LogP contribution in [0.5, 0.6) is 0 Å². The number of nitrogens with zero attached hydrogens (tertiary/aromatic N) is 4. The highest BCUT2D eigenvalue weighted by Crippen LogP contribution is 2.40. The van der Waals surface area contributed by atoms with E-state index >= 15 is 0 Å². The highest BCUT2D eigenvalue weighted by Gasteiger charge is 2.41. The highest BCUT2D eigenvalue weighted by atomic mass is 35.5. The number of aromatic nitrogens is 3. The number of hydrogen-bond donors (Lipinski definition) is 0. The van der Waals surface area contributed by atoms with Crippen molar-refractivity contribution in [2.45, 2.75) is 44.0 Å². The van der Waals surface area contributed by atoms with Crippen molar-refractivity contribution in [3.05, 3.63) is 75.8 Å². The van der Waals surface area contributed by atoms with E-state index in [0.29, 0.717) is 31.6 Å². The lowest BCUT2D eigenvalue weighted by molar-refractivity contribution is -0.126. The Balaban J connectivity index is 0.00000304. The van der Waals surface area contributed by atoms with E-state index in [1.165, 1.54) is 17.8 Å². The van der Waals surface area contributed by atoms with E-state index in [0.717, 1.165) is 29.8 Å². The van der Waals surface area contributed by atoms with Crippen molar-refractivity contribution in [2.75, 3.05) is 13.1 Å². The molecule has 1 saturated carbocycles. The number of ketones is 1. The summed E-state index contributed by atoms with van der Waals surface area (Å²) in [6, 6.07) is 7.91. The summed E-state index contributed by atoms with van der Waals surface area (Å²) >= 11 is 2.87. The molecule has 2 aromatic heterocycles. The second-order valence-corrected chi connectivity index (χ2v) is 11.2. The van der Waals surface area contributed by atoms with E-state index < -0.39 is 6.04 Å². The molecule has 3 heterocycles. The van der Waals surface area contributed by atoms with Gasteiger partial charge in [-0.1, -0.05) is 30.0 Å². The van der Waals surface area contributed by atoms with Crippen molar-refractivity contribution in [3.63, 3.8) is 0 Å². The van der Waals surface area contributed by atoms with Crippen molar-refractivity contribution >= 4 is 52.5 Å². The molecule has 2 unspecified atom stereocenters. The third-order valence-corrected chi connectivity index (χ3v) is 8.19. The Morgan fingerprint density at radius 1 is 1.25 bits per heavy atom. The summed E-state index contributed by atoms with van der Waals surface area (Å²) in [5, 5.41) is 6.73. The average Bonchev–Trinajstić information content (AvgIpc) is 3.39. The Kier molecular flexibility index (Phi) is 8.77. The third kappa shape index (κ3) is 6.32. The Hall–Kier alpha value is -2.33. The van der Waals surface area contributed by atoms with Crippen LogP contribution >= 0.6 is 35.5 Å². The number of benzene rings is 1. The van der Waals surface area contributed by atoms with Crippen molar-refractivity contribution in [1.82, 2.24) is 19.7 Å². The van der Waals surface area contributed by atoms with Crippen LogP contribution in [0.3, 0.4) is 0 Å². The molecule has 5 rings (SSSR count). The van der Waals surface area contributed by atoms with Gasteiger partial charge in [0.15, 0.2) is 10.9 Å². The molecular formula is C26H28ClFN4O2S2. The zero-order chi connectivity index (χ0) is 24.4. The van der Waals surface area contributed by atoms with Crippen LogP contribution < -0.4 is 0 Å². The lowest BCUT2D eigenvalue weighted by Gasteiger charge is -2.38. The van der Waals surface area contributed by atoms with Crippen LogP contribution in [0.15, 0.2) is 53.0 Å². The fourth-order valence-electron chi connectivity index (χ4n) is 4.61. The number of likely N-dealkylation sites (tertiary alicyclic amines) is 1. The second kappa shape index (κ2) is 11.8. The standard InChI is InChI=1S/C26H27FN4O2S2.ClH/c1-17(32)35-24-9-10-30(25(26(33)18-6-7-18)22-4-2-3-5-23(22)27)13-19(24)12-20-8-11-31(29-20)14-21-15-34-16-28-21;/h2-5,8,11-12,15-16,18,24-25H,6-7,9-10,13-14H2,1H3;1H. The van der Waals surface area contributed by atoms with E-state index in [1.807, 2.05) is 28.4 Å². The summed E-state index contributed by atoms with van der Waals surface area (Å²) in [5.74, 6) is -0.240. The van der Waals surface area contributed by atoms with Crippen LogP contribution in [0.1, 0.15) is 49.2 Å². The Morgan fingerprint density at radius 3 is 2.75 bits per heavy atom. The van der Waals surface area contributed by atoms with E-state index in [2.05, 4.69) is 15.0 Å². The predicted molar refractivity (Wildman–Crippen MR) is 144 cm³/mol. The normalized spacial score (nSPS) is 20.2. The number of piperidine rings is 1. The van der Waals surface area contributed by atoms with Crippen LogP contribution in [0.2, 0.25) is 0 Å². The number of carbonyl (C=O) groups is 2. The summed E-state index contributed by atoms with van der Waals surface area (Å²) in [7, 11) is 0. The number of halogens is 2. The summed E-state index contributed by atoms with van der Waals surface area (Å²) < 4.78 is 16.7. The number of Topliss-reactive ketones (excluding diaryl/α,β-unsaturated/α-hetero) is 1. The van der Waals surface area contributed by atoms with Gasteiger partial charge in [-0.05, 0) is 43.0 Å². The fourth-order valence-corrected chi connectivity index (χ4v) is 6.08. The first kappa shape index (κ1) is 26.7. The molecule has 1 aromatic carbocycles. The zero-order valence-electron chi connectivity index (χ0n) is 19.9. The highest BCUT2D eigenvalue weighted by molar-refractivity contribution is 8.14. The van der Waals surface area contributed by atoms with Crippen LogP contribution in [0.25, 0.3) is 6.08 Å². The van der Waals surface area contributed by atoms with E-state index in [4.69, 9.17) is 0 Å². The van der Waals surface area contributed by atoms with Crippen LogP contribution in [-0.4, -0.2) is 48.9 Å². The molecule has 0 amide bonds. The Morgan fingerprint density at radius 2 is 2.06 bits per heavy atom. The molecule has 0 N–H and O–H groups in total. The Labute approximate surface area is 224 Å². The molecule has 0 spiro atoms. The molecular weight excluding hydrogens is 519 g/mol. The summed E-state index contributed by atoms with van der Waals surface area (Å²) in [5.41, 5.74) is 5.02. The van der Waals surface area contributed by atoms with Gasteiger partial charge in [-0.3, -0.25) is 19.2 Å². The van der Waals surface area contributed by atoms with Gasteiger partial charge in [0.1, 0.15) is 5.82 Å². The first-order valence-corrected chi connectivity index (χ1v) is 13.6. The molecule has 0 radical (unpaired) electrons. The quantitative estimate of drug-likeness (QED) is 0.376. The topological polar surface area (TPSA) is 68.1 Å². The van der Waals surface area contributed by atoms with Gasteiger partial charge in [-0.15, -0.1) is 23.7 Å². The van der Waals surface area contributed by atoms with E-state index in [1.54, 1.807) is 42.0 Å². The molecule has 0 bridgehead atoms. The van der Waals surface area contributed by atoms with Gasteiger partial charge >= 0.3 is 0 Å². The molecule has 2 atom stereocenters. The van der Waals surface area contributed by atoms with Crippen molar-refractivity contribution in [1.29, 1.82) is 0 Å². The summed E-state index contributed by atoms with van der Waals surface area (Å²) in [6.07, 6.45) is 6.39. The third-order valence-electron chi connectivity index (χ3n) is 6.40. The molecule has 190 valence electrons. The fraction of sp³-hybridized carbons (Fsp3) is 0.385. The molecule has 1 saturated heterocycles. The maximum absolute atomic E-state index is 14.8. The molecule has 3 aromatic rings. The van der Waals surface area contributed by atoms with Crippen LogP contribution in [0.4, 0.5) is 4.39 Å². The zero-order valence-corrected chi connectivity index (χ0v) is 22.3. The SMILES string of the molecule is CC(=O)SC1CCN(C(C(=O)C2CC2)c2ccccc2F)CC1=Cc1ccn(Cc2cscn2)n1.Cl. The summed E-state index contributed by atoms with van der Waals surface area (Å²) in [4.78, 5) is 31.7. The van der Waals surface area contributed by atoms with E-state index in [-0.39, 0.29) is 40.3 Å². The first-order chi connectivity index (χ1) is 17.0. The molecule has 10 heteroatoms. The minimum absolute atomic E-state index is 0. The number of hydrogen-bond acceptors (Lipinski definition) is 7. The van der Waals surface area contributed by atoms with Gasteiger partial charge in [0.25, 0.3) is 0 Å². The number of rotatable bonds is 8. The largest absolute Gasteiger partial charge is 0.297 e. The number of carbonyl (C=O) groups excluding carboxylic acids is 2. The van der Waals surface area contributed by atoms with Gasteiger partial charge in [0, 0.05) is 48.3 Å². The smallest absolute Gasteiger partial charge is 0.186 e. The molecule has 1 aliphatic carbocycles. The molecule has 2 aliphatic rings. The maximum atomic E-state index is 14.8. The maximum Gasteiger partial charge on any atom is 0.186 e. The van der Waals surface area contributed by atoms with Crippen LogP contribution in [0, 0.1) is 11.7 Å². The predicted octanol–water partition coefficient (Wildman–Crippen LogP) is 5.41. The molecule has 1 aliphatic heterocycles. The van der Waals surface area contributed by atoms with Crippen molar-refractivity contribution in [2.24, 2.45) is 5.92 Å². The minimum Gasteiger partial charge on any atom is -0.297 e. The Bertz CT molecular complexity index is 1240. The lowest BCUT2D eigenvalue weighted by Crippen LogP contribution is -2.43. The second-order valence-electron chi connectivity index (χ2n) is 9.10. The number of thiazole rings is 1. The van der Waals surface area contributed by atoms with E-state index in [9.17, 15) is 14.0 Å². The lowest BCUT2D eigenvalue weighted by atomic mass is 9.93. The van der Waals surface area contributed by atoms with Crippen LogP contribution in [-0.2, 0) is 16.1 Å². The summed E-state index contributed by atoms with van der Waals surface area (Å²) in [6.45, 7) is 3.28. The first-order valence-electron chi connectivity index (χ1n) is 11.8. The van der Waals surface area contributed by atoms with Gasteiger partial charge in [-0.2, -0.15) is 5.10 Å². The average molecular weight is 547 g/mol. The monoisotopic (exact) mass is 546 g/mol. The van der Waals surface area contributed by atoms with Gasteiger partial charge < -0.3 is 0 Å². The number of thioether (sulfide) groups is 1. The van der Waals surface area contributed by atoms with Crippen molar-refractivity contribution < 1.29 is 14.0 Å². The minimum atomic E-state index is -0.613. The van der Waals surface area contributed by atoms with Gasteiger partial charge in [0.2, 0.25) is 0 Å². The van der Waals surface area contributed by atoms with Gasteiger partial charge in [0.05, 0.1) is 29.5 Å². The molecule has 2 fully saturated rings. The van der Waals surface area contributed by atoms with Gasteiger partial charge in [-0.25, -0.2) is 9.37 Å². The van der Waals surface area contributed by atoms with Crippen molar-refractivity contribution in [3.8, 4) is 0 Å².